The van der Waals surface area contributed by atoms with Gasteiger partial charge in [0.15, 0.2) is 0 Å². The monoisotopic (exact) mass is 336 g/mol. The number of nitrogens with two attached hydrogens (primary N) is 2. The van der Waals surface area contributed by atoms with Crippen LogP contribution >= 0.6 is 0 Å². The Kier molecular flexibility index (Phi) is 9.52. The summed E-state index contributed by atoms with van der Waals surface area (Å²) in [5.41, 5.74) is 11.8. The molecule has 0 bridgehead atoms. The number of rotatable bonds is 2. The quantitative estimate of drug-likeness (QED) is 0.313. The second kappa shape index (κ2) is 9.69. The van der Waals surface area contributed by atoms with Gasteiger partial charge >= 0.3 is 92.9 Å². The number of hydrogen-bond acceptors (Lipinski definition) is 6. The van der Waals surface area contributed by atoms with Crippen molar-refractivity contribution in [1.82, 2.24) is 0 Å². The molecule has 2 aromatic carbocycles. The molecule has 6 nitrogen and oxygen atoms in total. The molecule has 0 radical (unpaired) electrons. The number of benzene rings is 2. The van der Waals surface area contributed by atoms with E-state index in [-0.39, 0.29) is 97.8 Å². The van der Waals surface area contributed by atoms with Crippen LogP contribution in [0.4, 0.5) is 11.4 Å². The first-order valence-corrected chi connectivity index (χ1v) is 5.68. The first-order chi connectivity index (χ1) is 9.47. The Balaban J connectivity index is 0.00000220. The molecule has 2 rings (SSSR count). The van der Waals surface area contributed by atoms with Crippen molar-refractivity contribution in [3.05, 3.63) is 53.6 Å². The van der Waals surface area contributed by atoms with Gasteiger partial charge in [-0.3, -0.25) is 0 Å². The molecule has 0 fully saturated rings. The number of ether oxygens (including phenoxy) is 1. The number of phenolic OH excluding ortho intramolecular Hbond substituents is 1. The Bertz CT molecular complexity index is 677. The van der Waals surface area contributed by atoms with Crippen LogP contribution in [0.5, 0.6) is 5.75 Å². The van der Waals surface area contributed by atoms with E-state index in [1.807, 2.05) is 0 Å². The first kappa shape index (κ1) is 21.6. The van der Waals surface area contributed by atoms with Crippen molar-refractivity contribution in [2.75, 3.05) is 11.5 Å². The Morgan fingerprint density at radius 1 is 0.909 bits per heavy atom. The van der Waals surface area contributed by atoms with Crippen molar-refractivity contribution in [2.45, 2.75) is 0 Å². The summed E-state index contributed by atoms with van der Waals surface area (Å²) in [5.74, 6) is -2.13. The van der Waals surface area contributed by atoms with E-state index in [9.17, 15) is 14.7 Å². The number of carbonyl (C=O) groups excluding carboxylic acids is 2. The summed E-state index contributed by atoms with van der Waals surface area (Å²) in [6, 6.07) is 9.81. The molecule has 0 heterocycles. The first-order valence-electron chi connectivity index (χ1n) is 5.68. The molecular formula is C14H14KN2NaO4. The molecule has 0 aromatic heterocycles. The van der Waals surface area contributed by atoms with Crippen LogP contribution in [0.1, 0.15) is 20.7 Å². The van der Waals surface area contributed by atoms with Gasteiger partial charge in [-0.15, -0.1) is 0 Å². The van der Waals surface area contributed by atoms with Gasteiger partial charge in [0.2, 0.25) is 0 Å². The van der Waals surface area contributed by atoms with Crippen LogP contribution in [0, 0.1) is 0 Å². The molecule has 0 spiro atoms. The van der Waals surface area contributed by atoms with Crippen molar-refractivity contribution in [1.29, 1.82) is 0 Å². The van der Waals surface area contributed by atoms with E-state index < -0.39 is 11.9 Å². The van der Waals surface area contributed by atoms with E-state index in [0.29, 0.717) is 11.4 Å². The second-order valence-electron chi connectivity index (χ2n) is 4.08. The fourth-order valence-electron chi connectivity index (χ4n) is 1.54. The molecule has 0 aliphatic heterocycles. The number of phenols is 1. The fraction of sp³-hybridized carbons (Fsp3) is 0. The van der Waals surface area contributed by atoms with Crippen LogP contribution in [0.25, 0.3) is 0 Å². The summed E-state index contributed by atoms with van der Waals surface area (Å²) in [5, 5.41) is 9.57. The fourth-order valence-corrected chi connectivity index (χ4v) is 1.54. The zero-order valence-corrected chi connectivity index (χ0v) is 10.4. The maximum absolute atomic E-state index is 11.8. The van der Waals surface area contributed by atoms with Crippen LogP contribution in [-0.4, -0.2) is 98.0 Å². The van der Waals surface area contributed by atoms with E-state index >= 15 is 0 Å². The standard InChI is InChI=1S/C14H12N2O4.K.Na.2H/c15-9-3-1-8(2-4-9)13(18)20-14(19)11-6-5-10(16)7-12(11)17;;;;/h1-7,17H,15-16H2;;;;. The average Bonchev–Trinajstić information content (AvgIpc) is 2.39. The van der Waals surface area contributed by atoms with Crippen LogP contribution in [0.2, 0.25) is 0 Å². The Labute approximate surface area is 191 Å². The van der Waals surface area contributed by atoms with Crippen LogP contribution in [0.3, 0.4) is 0 Å². The van der Waals surface area contributed by atoms with Crippen molar-refractivity contribution in [3.8, 4) is 5.75 Å². The second-order valence-corrected chi connectivity index (χ2v) is 4.08. The summed E-state index contributed by atoms with van der Waals surface area (Å²) in [7, 11) is 0. The van der Waals surface area contributed by atoms with Gasteiger partial charge in [-0.2, -0.15) is 0 Å². The predicted molar refractivity (Wildman–Crippen MR) is 87.4 cm³/mol. The Morgan fingerprint density at radius 3 is 2.00 bits per heavy atom. The molecule has 0 unspecified atom stereocenters. The summed E-state index contributed by atoms with van der Waals surface area (Å²) in [6.45, 7) is 0. The van der Waals surface area contributed by atoms with Gasteiger partial charge in [-0.05, 0) is 36.4 Å². The zero-order chi connectivity index (χ0) is 14.7. The van der Waals surface area contributed by atoms with Crippen LogP contribution < -0.4 is 11.5 Å². The molecule has 0 amide bonds. The third-order valence-corrected chi connectivity index (χ3v) is 2.57. The van der Waals surface area contributed by atoms with Gasteiger partial charge in [0.25, 0.3) is 0 Å². The zero-order valence-electron chi connectivity index (χ0n) is 10.4. The molecule has 0 aliphatic rings. The molecule has 106 valence electrons. The molecule has 5 N–H and O–H groups in total. The minimum atomic E-state index is -0.954. The summed E-state index contributed by atoms with van der Waals surface area (Å²) >= 11 is 0. The van der Waals surface area contributed by atoms with Gasteiger partial charge in [0, 0.05) is 17.4 Å². The van der Waals surface area contributed by atoms with Crippen molar-refractivity contribution in [2.24, 2.45) is 0 Å². The molecule has 0 aliphatic carbocycles. The van der Waals surface area contributed by atoms with Gasteiger partial charge in [0.05, 0.1) is 5.56 Å². The SMILES string of the molecule is Nc1ccc(C(=O)OC(=O)c2ccc(N)cc2O)cc1.[KH].[NaH]. The van der Waals surface area contributed by atoms with E-state index in [0.717, 1.165) is 0 Å². The molecule has 0 saturated carbocycles. The van der Waals surface area contributed by atoms with Crippen LogP contribution in [-0.2, 0) is 4.74 Å². The third-order valence-electron chi connectivity index (χ3n) is 2.57. The van der Waals surface area contributed by atoms with E-state index in [4.69, 9.17) is 11.5 Å². The van der Waals surface area contributed by atoms with Crippen molar-refractivity contribution < 1.29 is 19.4 Å². The van der Waals surface area contributed by atoms with E-state index in [2.05, 4.69) is 4.74 Å². The topological polar surface area (TPSA) is 116 Å². The Hall–Kier alpha value is -0.384. The number of aromatic hydroxyl groups is 1. The van der Waals surface area contributed by atoms with Gasteiger partial charge < -0.3 is 21.3 Å². The molecule has 0 atom stereocenters. The Morgan fingerprint density at radius 2 is 1.45 bits per heavy atom. The van der Waals surface area contributed by atoms with E-state index in [1.54, 1.807) is 0 Å². The van der Waals surface area contributed by atoms with Gasteiger partial charge in [0.1, 0.15) is 11.3 Å². The molecular weight excluding hydrogens is 322 g/mol. The summed E-state index contributed by atoms with van der Waals surface area (Å²) in [4.78, 5) is 23.5. The number of nitrogen functional groups attached to an aromatic ring is 2. The minimum absolute atomic E-state index is 0. The summed E-state index contributed by atoms with van der Waals surface area (Å²) in [6.07, 6.45) is 0. The molecule has 8 heteroatoms. The van der Waals surface area contributed by atoms with Gasteiger partial charge in [-0.25, -0.2) is 9.59 Å². The molecule has 22 heavy (non-hydrogen) atoms. The normalized spacial score (nSPS) is 9.09. The number of esters is 2. The van der Waals surface area contributed by atoms with Crippen molar-refractivity contribution >= 4 is 104 Å². The third kappa shape index (κ3) is 5.67. The van der Waals surface area contributed by atoms with Crippen LogP contribution in [0.15, 0.2) is 42.5 Å². The molecule has 2 aromatic rings. The average molecular weight is 336 g/mol. The number of anilines is 2. The number of hydrogen-bond donors (Lipinski definition) is 3. The molecule has 0 saturated heterocycles. The summed E-state index contributed by atoms with van der Waals surface area (Å²) < 4.78 is 4.66. The number of carbonyl (C=O) groups is 2. The maximum atomic E-state index is 11.8. The van der Waals surface area contributed by atoms with Gasteiger partial charge in [-0.1, -0.05) is 0 Å². The predicted octanol–water partition coefficient (Wildman–Crippen LogP) is 0.257. The van der Waals surface area contributed by atoms with Crippen molar-refractivity contribution in [3.63, 3.8) is 0 Å². The van der Waals surface area contributed by atoms with E-state index in [1.165, 1.54) is 42.5 Å².